The van der Waals surface area contributed by atoms with Gasteiger partial charge in [0.25, 0.3) is 11.9 Å². The molecule has 5 rings (SSSR count). The van der Waals surface area contributed by atoms with E-state index in [-0.39, 0.29) is 12.0 Å². The molecule has 2 aliphatic rings. The molecule has 0 unspecified atom stereocenters. The number of aromatic nitrogens is 3. The lowest BCUT2D eigenvalue weighted by atomic mass is 10.1. The fourth-order valence-corrected chi connectivity index (χ4v) is 4.01. The smallest absolute Gasteiger partial charge is 0.300 e. The van der Waals surface area contributed by atoms with Gasteiger partial charge in [0.05, 0.1) is 24.9 Å². The highest BCUT2D eigenvalue weighted by molar-refractivity contribution is 6.08. The average Bonchev–Trinajstić information content (AvgIpc) is 3.29. The number of carbonyl (C=O) groups is 1. The van der Waals surface area contributed by atoms with Crippen LogP contribution in [0.25, 0.3) is 11.2 Å². The molecular weight excluding hydrogens is 436 g/mol. The molecule has 0 bridgehead atoms. The molecule has 1 amide bonds. The summed E-state index contributed by atoms with van der Waals surface area (Å²) < 4.78 is 11.4. The van der Waals surface area contributed by atoms with E-state index < -0.39 is 0 Å². The molecule has 2 aliphatic heterocycles. The van der Waals surface area contributed by atoms with E-state index in [0.717, 1.165) is 5.69 Å². The standard InChI is InChI=1S/C22H26N6O4.C2H6/c1-14-3-2-4-18(23-14)24-21(30)16-13-17-19(25-20(16)27-7-5-15(29)6-8-27)26-22(32-17)28-9-11-31-12-10-28;1-2/h2-4,13,15,29H,5-12H2,1H3,(H,23,24,30);1-2H3. The lowest BCUT2D eigenvalue weighted by Crippen LogP contribution is -2.37. The number of hydrogen-bond donors (Lipinski definition) is 2. The first kappa shape index (κ1) is 23.9. The number of morpholine rings is 1. The minimum absolute atomic E-state index is 0.317. The number of fused-ring (bicyclic) bond motifs is 1. The normalized spacial score (nSPS) is 16.8. The number of rotatable bonds is 4. The molecule has 0 atom stereocenters. The number of nitrogens with zero attached hydrogens (tertiary/aromatic N) is 5. The summed E-state index contributed by atoms with van der Waals surface area (Å²) in [5.74, 6) is 0.695. The lowest BCUT2D eigenvalue weighted by Gasteiger charge is -2.31. The van der Waals surface area contributed by atoms with Gasteiger partial charge in [-0.2, -0.15) is 4.98 Å². The number of aliphatic hydroxyl groups is 1. The predicted molar refractivity (Wildman–Crippen MR) is 131 cm³/mol. The van der Waals surface area contributed by atoms with Crippen LogP contribution in [0.3, 0.4) is 0 Å². The van der Waals surface area contributed by atoms with Crippen LogP contribution in [0.1, 0.15) is 42.7 Å². The van der Waals surface area contributed by atoms with Crippen molar-refractivity contribution in [2.45, 2.75) is 39.7 Å². The summed E-state index contributed by atoms with van der Waals surface area (Å²) in [4.78, 5) is 30.9. The highest BCUT2D eigenvalue weighted by Gasteiger charge is 2.26. The zero-order valence-corrected chi connectivity index (χ0v) is 20.0. The SMILES string of the molecule is CC.Cc1cccc(NC(=O)c2cc3oc(N4CCOCC4)nc3nc2N2CCC(O)CC2)n1. The molecule has 10 nitrogen and oxygen atoms in total. The van der Waals surface area contributed by atoms with E-state index in [9.17, 15) is 9.90 Å². The van der Waals surface area contributed by atoms with Gasteiger partial charge >= 0.3 is 0 Å². The topological polar surface area (TPSA) is 117 Å². The van der Waals surface area contributed by atoms with Gasteiger partial charge < -0.3 is 29.4 Å². The quantitative estimate of drug-likeness (QED) is 0.596. The second-order valence-electron chi connectivity index (χ2n) is 8.11. The summed E-state index contributed by atoms with van der Waals surface area (Å²) >= 11 is 0. The lowest BCUT2D eigenvalue weighted by molar-refractivity contribution is 0.102. The Hall–Kier alpha value is -3.24. The van der Waals surface area contributed by atoms with Crippen molar-refractivity contribution in [3.05, 3.63) is 35.5 Å². The second kappa shape index (κ2) is 10.8. The number of aliphatic hydroxyl groups excluding tert-OH is 1. The van der Waals surface area contributed by atoms with Gasteiger partial charge in [-0.1, -0.05) is 19.9 Å². The van der Waals surface area contributed by atoms with E-state index in [0.29, 0.717) is 86.7 Å². The summed E-state index contributed by atoms with van der Waals surface area (Å²) in [6, 6.07) is 7.64. The second-order valence-corrected chi connectivity index (χ2v) is 8.11. The maximum atomic E-state index is 13.2. The van der Waals surface area contributed by atoms with Crippen molar-refractivity contribution in [2.75, 3.05) is 54.5 Å². The van der Waals surface area contributed by atoms with E-state index in [4.69, 9.17) is 14.1 Å². The van der Waals surface area contributed by atoms with Crippen molar-refractivity contribution in [1.29, 1.82) is 0 Å². The van der Waals surface area contributed by atoms with Crippen LogP contribution in [0, 0.1) is 6.92 Å². The van der Waals surface area contributed by atoms with Crippen molar-refractivity contribution in [2.24, 2.45) is 0 Å². The van der Waals surface area contributed by atoms with E-state index in [1.807, 2.05) is 42.7 Å². The summed E-state index contributed by atoms with van der Waals surface area (Å²) in [6.45, 7) is 9.70. The summed E-state index contributed by atoms with van der Waals surface area (Å²) in [5, 5.41) is 12.8. The molecule has 3 aromatic rings. The van der Waals surface area contributed by atoms with E-state index in [1.165, 1.54) is 0 Å². The van der Waals surface area contributed by atoms with Crippen molar-refractivity contribution in [3.8, 4) is 0 Å². The Labute approximate surface area is 199 Å². The van der Waals surface area contributed by atoms with Crippen LogP contribution in [0.2, 0.25) is 0 Å². The number of hydrogen-bond acceptors (Lipinski definition) is 9. The number of pyridine rings is 2. The fraction of sp³-hybridized carbons (Fsp3) is 0.500. The predicted octanol–water partition coefficient (Wildman–Crippen LogP) is 3.00. The zero-order chi connectivity index (χ0) is 24.1. The first-order valence-corrected chi connectivity index (χ1v) is 11.9. The van der Waals surface area contributed by atoms with Gasteiger partial charge in [-0.25, -0.2) is 9.97 Å². The molecule has 182 valence electrons. The highest BCUT2D eigenvalue weighted by Crippen LogP contribution is 2.29. The summed E-state index contributed by atoms with van der Waals surface area (Å²) in [5.41, 5.74) is 2.11. The molecule has 0 radical (unpaired) electrons. The molecule has 0 saturated carbocycles. The molecule has 10 heteroatoms. The van der Waals surface area contributed by atoms with Gasteiger partial charge in [0.1, 0.15) is 11.6 Å². The molecule has 2 saturated heterocycles. The van der Waals surface area contributed by atoms with Gasteiger partial charge in [0, 0.05) is 37.9 Å². The van der Waals surface area contributed by atoms with E-state index >= 15 is 0 Å². The summed E-state index contributed by atoms with van der Waals surface area (Å²) in [7, 11) is 0. The van der Waals surface area contributed by atoms with Crippen molar-refractivity contribution < 1.29 is 19.1 Å². The van der Waals surface area contributed by atoms with E-state index in [1.54, 1.807) is 12.1 Å². The Morgan fingerprint density at radius 2 is 1.79 bits per heavy atom. The fourth-order valence-electron chi connectivity index (χ4n) is 4.01. The molecule has 0 aliphatic carbocycles. The van der Waals surface area contributed by atoms with Crippen LogP contribution in [0.4, 0.5) is 17.7 Å². The molecule has 0 spiro atoms. The van der Waals surface area contributed by atoms with Gasteiger partial charge in [-0.05, 0) is 31.9 Å². The number of amides is 1. The number of ether oxygens (including phenoxy) is 1. The minimum Gasteiger partial charge on any atom is -0.422 e. The third-order valence-electron chi connectivity index (χ3n) is 5.77. The Balaban J connectivity index is 0.00000133. The van der Waals surface area contributed by atoms with Gasteiger partial charge in [-0.3, -0.25) is 4.79 Å². The minimum atomic E-state index is -0.330. The van der Waals surface area contributed by atoms with Crippen LogP contribution in [-0.2, 0) is 4.74 Å². The zero-order valence-electron chi connectivity index (χ0n) is 20.0. The molecule has 2 N–H and O–H groups in total. The molecule has 2 fully saturated rings. The Morgan fingerprint density at radius 3 is 2.50 bits per heavy atom. The first-order valence-electron chi connectivity index (χ1n) is 11.9. The maximum absolute atomic E-state index is 13.2. The van der Waals surface area contributed by atoms with Gasteiger partial charge in [0.15, 0.2) is 5.58 Å². The number of piperidine rings is 1. The highest BCUT2D eigenvalue weighted by atomic mass is 16.5. The van der Waals surface area contributed by atoms with Crippen LogP contribution in [0.15, 0.2) is 28.7 Å². The van der Waals surface area contributed by atoms with Crippen molar-refractivity contribution in [3.63, 3.8) is 0 Å². The number of nitrogens with one attached hydrogen (secondary N) is 1. The average molecular weight is 469 g/mol. The van der Waals surface area contributed by atoms with Gasteiger partial charge in [-0.15, -0.1) is 0 Å². The van der Waals surface area contributed by atoms with Crippen LogP contribution in [0.5, 0.6) is 0 Å². The number of oxazole rings is 1. The molecule has 3 aromatic heterocycles. The summed E-state index contributed by atoms with van der Waals surface area (Å²) in [6.07, 6.45) is 0.916. The van der Waals surface area contributed by atoms with Gasteiger partial charge in [0.2, 0.25) is 5.65 Å². The third-order valence-corrected chi connectivity index (χ3v) is 5.77. The Bertz CT molecular complexity index is 1120. The van der Waals surface area contributed by atoms with Crippen molar-refractivity contribution >= 4 is 34.8 Å². The van der Waals surface area contributed by atoms with Crippen molar-refractivity contribution in [1.82, 2.24) is 15.0 Å². The Morgan fingerprint density at radius 1 is 1.06 bits per heavy atom. The van der Waals surface area contributed by atoms with E-state index in [2.05, 4.69) is 15.3 Å². The Kier molecular flexibility index (Phi) is 7.59. The van der Waals surface area contributed by atoms with Crippen LogP contribution < -0.4 is 15.1 Å². The maximum Gasteiger partial charge on any atom is 0.300 e. The largest absolute Gasteiger partial charge is 0.422 e. The first-order chi connectivity index (χ1) is 16.6. The number of aryl methyl sites for hydroxylation is 1. The molecule has 0 aromatic carbocycles. The molecular formula is C24H32N6O4. The monoisotopic (exact) mass is 468 g/mol. The molecule has 5 heterocycles. The van der Waals surface area contributed by atoms with Crippen LogP contribution >= 0.6 is 0 Å². The third kappa shape index (κ3) is 5.28. The number of anilines is 3. The molecule has 34 heavy (non-hydrogen) atoms. The van der Waals surface area contributed by atoms with Crippen LogP contribution in [-0.4, -0.2) is 71.5 Å². The number of carbonyl (C=O) groups excluding carboxylic acids is 1.